The lowest BCUT2D eigenvalue weighted by molar-refractivity contribution is -0.127. The average Bonchev–Trinajstić information content (AvgIpc) is 3.31. The van der Waals surface area contributed by atoms with Crippen LogP contribution in [-0.4, -0.2) is 46.1 Å². The number of aromatic amines is 1. The summed E-state index contributed by atoms with van der Waals surface area (Å²) in [5.74, 6) is -1.73. The van der Waals surface area contributed by atoms with Crippen molar-refractivity contribution in [3.63, 3.8) is 0 Å². The number of nitrogens with one attached hydrogen (secondary N) is 2. The smallest absolute Gasteiger partial charge is 0.339 e. The summed E-state index contributed by atoms with van der Waals surface area (Å²) in [7, 11) is 0. The number of imide groups is 1. The molecule has 0 aliphatic carbocycles. The predicted molar refractivity (Wildman–Crippen MR) is 114 cm³/mol. The molecule has 0 unspecified atom stereocenters. The van der Waals surface area contributed by atoms with E-state index in [1.54, 1.807) is 24.4 Å². The number of rotatable bonds is 7. The molecule has 8 nitrogen and oxygen atoms in total. The maximum Gasteiger partial charge on any atom is 0.339 e. The molecule has 0 radical (unpaired) electrons. The number of anilines is 1. The molecule has 2 N–H and O–H groups in total. The lowest BCUT2D eigenvalue weighted by atomic mass is 10.2. The number of carbonyl (C=O) groups is 4. The molecule has 3 amide bonds. The van der Waals surface area contributed by atoms with Crippen molar-refractivity contribution < 1.29 is 23.9 Å². The van der Waals surface area contributed by atoms with Crippen LogP contribution in [0.2, 0.25) is 5.02 Å². The first kappa shape index (κ1) is 21.7. The van der Waals surface area contributed by atoms with Gasteiger partial charge in [-0.1, -0.05) is 18.5 Å². The van der Waals surface area contributed by atoms with Crippen LogP contribution in [0, 0.1) is 0 Å². The lowest BCUT2D eigenvalue weighted by Gasteiger charge is -2.13. The topological polar surface area (TPSA) is 109 Å². The molecular formula is C20H18ClN3O5S. The molecule has 1 fully saturated rings. The number of aromatic nitrogens is 1. The van der Waals surface area contributed by atoms with Crippen molar-refractivity contribution in [2.75, 3.05) is 18.5 Å². The Morgan fingerprint density at radius 2 is 2.10 bits per heavy atom. The highest BCUT2D eigenvalue weighted by Gasteiger charge is 2.36. The Balaban J connectivity index is 1.66. The third kappa shape index (κ3) is 5.11. The van der Waals surface area contributed by atoms with Gasteiger partial charge in [0.25, 0.3) is 11.1 Å². The Kier molecular flexibility index (Phi) is 6.96. The third-order valence-corrected chi connectivity index (χ3v) is 5.23. The minimum atomic E-state index is -0.599. The van der Waals surface area contributed by atoms with Crippen LogP contribution in [0.25, 0.3) is 6.08 Å². The predicted octanol–water partition coefficient (Wildman–Crippen LogP) is 3.91. The number of thioether (sulfide) groups is 1. The molecule has 0 spiro atoms. The molecule has 0 bridgehead atoms. The van der Waals surface area contributed by atoms with Crippen molar-refractivity contribution in [2.45, 2.75) is 13.3 Å². The molecule has 1 saturated heterocycles. The number of esters is 1. The normalized spacial score (nSPS) is 15.0. The van der Waals surface area contributed by atoms with Gasteiger partial charge >= 0.3 is 5.97 Å². The largest absolute Gasteiger partial charge is 0.462 e. The van der Waals surface area contributed by atoms with Gasteiger partial charge in [0.15, 0.2) is 0 Å². The fraction of sp³-hybridized carbons (Fsp3) is 0.200. The highest BCUT2D eigenvalue weighted by molar-refractivity contribution is 8.18. The minimum Gasteiger partial charge on any atom is -0.462 e. The van der Waals surface area contributed by atoms with E-state index in [1.165, 1.54) is 18.2 Å². The first-order valence-corrected chi connectivity index (χ1v) is 10.2. The lowest BCUT2D eigenvalue weighted by Crippen LogP contribution is -2.36. The molecule has 2 aromatic rings. The van der Waals surface area contributed by atoms with Gasteiger partial charge in [0.2, 0.25) is 5.91 Å². The monoisotopic (exact) mass is 447 g/mol. The Morgan fingerprint density at radius 3 is 2.80 bits per heavy atom. The molecule has 2 heterocycles. The summed E-state index contributed by atoms with van der Waals surface area (Å²) in [6.45, 7) is 1.66. The maximum atomic E-state index is 12.5. The summed E-state index contributed by atoms with van der Waals surface area (Å²) >= 11 is 6.80. The van der Waals surface area contributed by atoms with Crippen molar-refractivity contribution in [1.29, 1.82) is 0 Å². The van der Waals surface area contributed by atoms with Crippen molar-refractivity contribution in [1.82, 2.24) is 9.88 Å². The average molecular weight is 448 g/mol. The van der Waals surface area contributed by atoms with E-state index >= 15 is 0 Å². The zero-order chi connectivity index (χ0) is 21.7. The molecular weight excluding hydrogens is 430 g/mol. The third-order valence-electron chi connectivity index (χ3n) is 3.99. The number of H-pyrrole nitrogens is 1. The van der Waals surface area contributed by atoms with Crippen LogP contribution in [0.15, 0.2) is 41.4 Å². The second kappa shape index (κ2) is 9.64. The summed E-state index contributed by atoms with van der Waals surface area (Å²) < 4.78 is 5.06. The van der Waals surface area contributed by atoms with Crippen LogP contribution in [0.3, 0.4) is 0 Å². The van der Waals surface area contributed by atoms with E-state index < -0.39 is 29.6 Å². The standard InChI is InChI=1S/C20H18ClN3O5S/c1-2-8-29-19(27)14-9-13(5-6-15(14)21)23-17(25)11-24-18(26)16(30-20(24)28)10-12-4-3-7-22-12/h3-7,9-10,22H,2,8,11H2,1H3,(H,23,25)/b16-10+. The first-order valence-electron chi connectivity index (χ1n) is 9.04. The molecule has 0 saturated carbocycles. The molecule has 30 heavy (non-hydrogen) atoms. The van der Waals surface area contributed by atoms with Gasteiger partial charge in [0.05, 0.1) is 22.1 Å². The molecule has 1 aliphatic rings. The van der Waals surface area contributed by atoms with E-state index in [4.69, 9.17) is 16.3 Å². The number of nitrogens with zero attached hydrogens (tertiary/aromatic N) is 1. The molecule has 1 aliphatic heterocycles. The highest BCUT2D eigenvalue weighted by atomic mass is 35.5. The summed E-state index contributed by atoms with van der Waals surface area (Å²) in [6, 6.07) is 7.87. The quantitative estimate of drug-likeness (QED) is 0.492. The van der Waals surface area contributed by atoms with E-state index in [0.29, 0.717) is 17.8 Å². The zero-order valence-electron chi connectivity index (χ0n) is 15.9. The van der Waals surface area contributed by atoms with E-state index in [-0.39, 0.29) is 22.1 Å². The van der Waals surface area contributed by atoms with Gasteiger partial charge in [-0.25, -0.2) is 4.79 Å². The Bertz CT molecular complexity index is 1020. The second-order valence-electron chi connectivity index (χ2n) is 6.27. The maximum absolute atomic E-state index is 12.5. The minimum absolute atomic E-state index is 0.114. The van der Waals surface area contributed by atoms with E-state index in [1.807, 2.05) is 6.92 Å². The number of hydrogen-bond donors (Lipinski definition) is 2. The fourth-order valence-corrected chi connectivity index (χ4v) is 3.61. The van der Waals surface area contributed by atoms with Gasteiger partial charge in [0.1, 0.15) is 6.54 Å². The summed E-state index contributed by atoms with van der Waals surface area (Å²) in [4.78, 5) is 53.1. The number of amides is 3. The molecule has 10 heteroatoms. The van der Waals surface area contributed by atoms with Crippen molar-refractivity contribution >= 4 is 58.1 Å². The van der Waals surface area contributed by atoms with Gasteiger partial charge in [-0.3, -0.25) is 19.3 Å². The fourth-order valence-electron chi connectivity index (χ4n) is 2.59. The van der Waals surface area contributed by atoms with Crippen molar-refractivity contribution in [2.24, 2.45) is 0 Å². The number of halogens is 1. The van der Waals surface area contributed by atoms with Crippen LogP contribution >= 0.6 is 23.4 Å². The first-order chi connectivity index (χ1) is 14.4. The van der Waals surface area contributed by atoms with Gasteiger partial charge < -0.3 is 15.0 Å². The molecule has 1 aromatic heterocycles. The number of carbonyl (C=O) groups excluding carboxylic acids is 4. The van der Waals surface area contributed by atoms with Crippen molar-refractivity contribution in [3.05, 3.63) is 57.7 Å². The number of hydrogen-bond acceptors (Lipinski definition) is 6. The summed E-state index contributed by atoms with van der Waals surface area (Å²) in [5.41, 5.74) is 1.08. The van der Waals surface area contributed by atoms with Gasteiger partial charge in [-0.05, 0) is 54.6 Å². The van der Waals surface area contributed by atoms with Gasteiger partial charge in [-0.15, -0.1) is 0 Å². The van der Waals surface area contributed by atoms with E-state index in [0.717, 1.165) is 16.7 Å². The van der Waals surface area contributed by atoms with Crippen LogP contribution < -0.4 is 5.32 Å². The van der Waals surface area contributed by atoms with Crippen LogP contribution in [0.5, 0.6) is 0 Å². The number of benzene rings is 1. The molecule has 3 rings (SSSR count). The Morgan fingerprint density at radius 1 is 1.30 bits per heavy atom. The van der Waals surface area contributed by atoms with Crippen molar-refractivity contribution in [3.8, 4) is 0 Å². The van der Waals surface area contributed by atoms with Crippen LogP contribution in [-0.2, 0) is 14.3 Å². The van der Waals surface area contributed by atoms with Gasteiger partial charge in [0, 0.05) is 17.6 Å². The number of ether oxygens (including phenoxy) is 1. The Labute approximate surface area is 181 Å². The summed E-state index contributed by atoms with van der Waals surface area (Å²) in [5, 5.41) is 2.22. The molecule has 1 aromatic carbocycles. The van der Waals surface area contributed by atoms with Crippen LogP contribution in [0.1, 0.15) is 29.4 Å². The summed E-state index contributed by atoms with van der Waals surface area (Å²) in [6.07, 6.45) is 3.91. The second-order valence-corrected chi connectivity index (χ2v) is 7.67. The van der Waals surface area contributed by atoms with Crippen LogP contribution in [0.4, 0.5) is 10.5 Å². The van der Waals surface area contributed by atoms with E-state index in [9.17, 15) is 19.2 Å². The molecule has 0 atom stereocenters. The Hall–Kier alpha value is -3.04. The van der Waals surface area contributed by atoms with E-state index in [2.05, 4.69) is 10.3 Å². The zero-order valence-corrected chi connectivity index (χ0v) is 17.5. The SMILES string of the molecule is CCCOC(=O)c1cc(NC(=O)CN2C(=O)S/C(=C/c3ccc[nH]3)C2=O)ccc1Cl. The highest BCUT2D eigenvalue weighted by Crippen LogP contribution is 2.32. The molecule has 156 valence electrons. The van der Waals surface area contributed by atoms with Gasteiger partial charge in [-0.2, -0.15) is 0 Å².